The van der Waals surface area contributed by atoms with Crippen LogP contribution in [-0.2, 0) is 18.8 Å². The molecule has 0 aromatic heterocycles. The topological polar surface area (TPSA) is 52.6 Å². The summed E-state index contributed by atoms with van der Waals surface area (Å²) in [5, 5.41) is 0.129. The average Bonchev–Trinajstić information content (AvgIpc) is 2.99. The predicted octanol–water partition coefficient (Wildman–Crippen LogP) is 3.70. The third kappa shape index (κ3) is 1.98. The van der Waals surface area contributed by atoms with E-state index in [1.54, 1.807) is 0 Å². The third-order valence-electron chi connectivity index (χ3n) is 7.25. The number of Topliss-reactive ketones (excluding diaryl/α,β-unsaturated/α-hetero) is 1. The van der Waals surface area contributed by atoms with Crippen molar-refractivity contribution in [3.8, 4) is 0 Å². The van der Waals surface area contributed by atoms with Gasteiger partial charge in [-0.25, -0.2) is 0 Å². The molecule has 5 heteroatoms. The van der Waals surface area contributed by atoms with E-state index >= 15 is 0 Å². The number of hydrogen-bond donors (Lipinski definition) is 0. The Kier molecular flexibility index (Phi) is 3.66. The average molecular weight is 339 g/mol. The van der Waals surface area contributed by atoms with Crippen LogP contribution in [0.1, 0.15) is 52.9 Å². The molecule has 1 spiro atoms. The van der Waals surface area contributed by atoms with E-state index in [9.17, 15) is 9.59 Å². The fourth-order valence-corrected chi connectivity index (χ4v) is 6.51. The number of fused-ring (bicyclic) bond motifs is 1. The predicted molar refractivity (Wildman–Crippen MR) is 90.5 cm³/mol. The molecule has 4 atom stereocenters. The van der Waals surface area contributed by atoms with E-state index in [2.05, 4.69) is 33.9 Å². The Balaban J connectivity index is 1.92. The maximum absolute atomic E-state index is 12.7. The molecule has 23 heavy (non-hydrogen) atoms. The molecule has 0 unspecified atom stereocenters. The van der Waals surface area contributed by atoms with E-state index in [0.29, 0.717) is 12.8 Å². The van der Waals surface area contributed by atoms with Crippen LogP contribution in [0.4, 0.5) is 0 Å². The molecule has 0 aromatic rings. The zero-order chi connectivity index (χ0) is 17.3. The number of methoxy groups -OCH3 is 1. The Morgan fingerprint density at radius 1 is 1.26 bits per heavy atom. The zero-order valence-electron chi connectivity index (χ0n) is 15.3. The van der Waals surface area contributed by atoms with Crippen LogP contribution in [0.5, 0.6) is 0 Å². The quantitative estimate of drug-likeness (QED) is 0.581. The molecule has 0 heterocycles. The highest BCUT2D eigenvalue weighted by Crippen LogP contribution is 2.81. The van der Waals surface area contributed by atoms with E-state index in [1.165, 1.54) is 7.11 Å². The van der Waals surface area contributed by atoms with Gasteiger partial charge in [-0.2, -0.15) is 0 Å². The first-order valence-corrected chi connectivity index (χ1v) is 11.7. The number of ketones is 1. The fraction of sp³-hybridized carbons (Fsp3) is 0.889. The lowest BCUT2D eigenvalue weighted by atomic mass is 9.83. The Labute approximate surface area is 140 Å². The van der Waals surface area contributed by atoms with Gasteiger partial charge in [0.05, 0.1) is 17.9 Å². The molecule has 0 bridgehead atoms. The van der Waals surface area contributed by atoms with Gasteiger partial charge in [-0.15, -0.1) is 0 Å². The zero-order valence-corrected chi connectivity index (χ0v) is 16.3. The summed E-state index contributed by atoms with van der Waals surface area (Å²) in [6.07, 6.45) is 3.99. The van der Waals surface area contributed by atoms with Crippen LogP contribution < -0.4 is 0 Å². The lowest BCUT2D eigenvalue weighted by Crippen LogP contribution is -2.46. The maximum atomic E-state index is 12.7. The smallest absolute Gasteiger partial charge is 0.313 e. The fourth-order valence-electron chi connectivity index (χ4n) is 5.15. The lowest BCUT2D eigenvalue weighted by molar-refractivity contribution is -0.149. The number of carbonyl (C=O) groups excluding carboxylic acids is 2. The van der Waals surface area contributed by atoms with Crippen molar-refractivity contribution in [1.82, 2.24) is 0 Å². The van der Waals surface area contributed by atoms with Crippen molar-refractivity contribution in [1.29, 1.82) is 0 Å². The minimum absolute atomic E-state index is 0.0352. The minimum atomic E-state index is -1.92. The van der Waals surface area contributed by atoms with Gasteiger partial charge in [0.25, 0.3) is 0 Å². The Morgan fingerprint density at radius 2 is 1.91 bits per heavy atom. The third-order valence-corrected chi connectivity index (χ3v) is 11.8. The summed E-state index contributed by atoms with van der Waals surface area (Å²) in [6.45, 7) is 11.2. The Hall–Kier alpha value is -0.683. The number of esters is 1. The molecule has 0 amide bonds. The highest BCUT2D eigenvalue weighted by atomic mass is 28.4. The van der Waals surface area contributed by atoms with Gasteiger partial charge in [0.15, 0.2) is 8.32 Å². The highest BCUT2D eigenvalue weighted by molar-refractivity contribution is 6.74. The molecule has 130 valence electrons. The van der Waals surface area contributed by atoms with Crippen molar-refractivity contribution in [3.05, 3.63) is 0 Å². The van der Waals surface area contributed by atoms with Crippen molar-refractivity contribution in [2.45, 2.75) is 77.1 Å². The summed E-state index contributed by atoms with van der Waals surface area (Å²) in [7, 11) is -0.476. The first-order chi connectivity index (χ1) is 10.5. The second-order valence-electron chi connectivity index (χ2n) is 9.14. The molecule has 0 aromatic carbocycles. The molecular weight excluding hydrogens is 308 g/mol. The van der Waals surface area contributed by atoms with Gasteiger partial charge < -0.3 is 9.16 Å². The van der Waals surface area contributed by atoms with Crippen molar-refractivity contribution in [2.75, 3.05) is 7.11 Å². The number of ether oxygens (including phenoxy) is 1. The van der Waals surface area contributed by atoms with E-state index in [4.69, 9.17) is 9.16 Å². The summed E-state index contributed by atoms with van der Waals surface area (Å²) >= 11 is 0. The molecule has 0 N–H and O–H groups in total. The normalized spacial score (nSPS) is 39.7. The number of hydrogen-bond acceptors (Lipinski definition) is 4. The largest absolute Gasteiger partial charge is 0.469 e. The van der Waals surface area contributed by atoms with Gasteiger partial charge in [0, 0.05) is 18.4 Å². The van der Waals surface area contributed by atoms with Crippen LogP contribution in [0.2, 0.25) is 18.1 Å². The molecule has 3 saturated carbocycles. The van der Waals surface area contributed by atoms with Crippen LogP contribution in [0, 0.1) is 16.7 Å². The van der Waals surface area contributed by atoms with Gasteiger partial charge in [-0.05, 0) is 43.8 Å². The van der Waals surface area contributed by atoms with Crippen molar-refractivity contribution in [3.63, 3.8) is 0 Å². The molecule has 4 nitrogen and oxygen atoms in total. The van der Waals surface area contributed by atoms with E-state index in [-0.39, 0.29) is 28.8 Å². The van der Waals surface area contributed by atoms with Gasteiger partial charge >= 0.3 is 5.97 Å². The molecule has 3 aliphatic carbocycles. The standard InChI is InChI=1S/C18H30O4Si/c1-16(2,3)23(5,6)22-12-8-7-10-17-13(19)9-11-18(17,14(12)17)15(20)21-4/h12,14H,7-11H2,1-6H3/t12-,14+,17+,18-/m0/s1. The molecule has 0 saturated heterocycles. The Bertz CT molecular complexity index is 550. The lowest BCUT2D eigenvalue weighted by Gasteiger charge is -2.41. The van der Waals surface area contributed by atoms with Gasteiger partial charge in [0.2, 0.25) is 0 Å². The summed E-state index contributed by atoms with van der Waals surface area (Å²) in [5.74, 6) is 0.141. The van der Waals surface area contributed by atoms with Crippen LogP contribution in [0.25, 0.3) is 0 Å². The van der Waals surface area contributed by atoms with Crippen LogP contribution in [-0.4, -0.2) is 33.3 Å². The molecule has 3 aliphatic rings. The molecular formula is C18H30O4Si. The van der Waals surface area contributed by atoms with E-state index in [0.717, 1.165) is 19.3 Å². The Morgan fingerprint density at radius 3 is 2.48 bits per heavy atom. The van der Waals surface area contributed by atoms with E-state index in [1.807, 2.05) is 0 Å². The molecule has 0 aliphatic heterocycles. The monoisotopic (exact) mass is 338 g/mol. The summed E-state index contributed by atoms with van der Waals surface area (Å²) in [5.41, 5.74) is -1.05. The van der Waals surface area contributed by atoms with Gasteiger partial charge in [-0.1, -0.05) is 20.8 Å². The SMILES string of the molecule is COC(=O)[C@@]12CCC(=O)[C@@]13CCC[C@H](O[Si](C)(C)C(C)(C)C)[C@H]32. The number of carbonyl (C=O) groups is 2. The van der Waals surface area contributed by atoms with Gasteiger partial charge in [0.1, 0.15) is 5.78 Å². The van der Waals surface area contributed by atoms with E-state index < -0.39 is 19.1 Å². The summed E-state index contributed by atoms with van der Waals surface area (Å²) in [6, 6.07) is 0. The van der Waals surface area contributed by atoms with Crippen LogP contribution in [0.15, 0.2) is 0 Å². The highest BCUT2D eigenvalue weighted by Gasteiger charge is 2.88. The summed E-state index contributed by atoms with van der Waals surface area (Å²) < 4.78 is 11.8. The molecule has 0 radical (unpaired) electrons. The van der Waals surface area contributed by atoms with Gasteiger partial charge in [-0.3, -0.25) is 9.59 Å². The van der Waals surface area contributed by atoms with Crippen molar-refractivity contribution >= 4 is 20.1 Å². The van der Waals surface area contributed by atoms with Crippen molar-refractivity contribution in [2.24, 2.45) is 16.7 Å². The molecule has 3 rings (SSSR count). The second-order valence-corrected chi connectivity index (χ2v) is 13.9. The second kappa shape index (κ2) is 4.91. The minimum Gasteiger partial charge on any atom is -0.469 e. The first kappa shape index (κ1) is 17.2. The summed E-state index contributed by atoms with van der Waals surface area (Å²) in [4.78, 5) is 25.2. The van der Waals surface area contributed by atoms with Crippen molar-refractivity contribution < 1.29 is 18.8 Å². The molecule has 3 fully saturated rings. The maximum Gasteiger partial charge on any atom is 0.313 e. The first-order valence-electron chi connectivity index (χ1n) is 8.84. The van der Waals surface area contributed by atoms with Crippen LogP contribution in [0.3, 0.4) is 0 Å². The number of rotatable bonds is 3. The van der Waals surface area contributed by atoms with Crippen LogP contribution >= 0.6 is 0 Å².